The van der Waals surface area contributed by atoms with E-state index in [9.17, 15) is 9.00 Å². The summed E-state index contributed by atoms with van der Waals surface area (Å²) in [7, 11) is -2.57. The predicted octanol–water partition coefficient (Wildman–Crippen LogP) is 3.06. The van der Waals surface area contributed by atoms with E-state index in [2.05, 4.69) is 21.3 Å². The van der Waals surface area contributed by atoms with Crippen molar-refractivity contribution < 1.29 is 9.00 Å². The van der Waals surface area contributed by atoms with Gasteiger partial charge in [-0.05, 0) is 54.4 Å². The fourth-order valence-electron chi connectivity index (χ4n) is 3.61. The van der Waals surface area contributed by atoms with Crippen LogP contribution in [0.3, 0.4) is 0 Å². The Balaban J connectivity index is 1.59. The van der Waals surface area contributed by atoms with Crippen LogP contribution in [-0.4, -0.2) is 41.9 Å². The Morgan fingerprint density at radius 3 is 2.87 bits per heavy atom. The van der Waals surface area contributed by atoms with Gasteiger partial charge in [0.05, 0.1) is 31.2 Å². The molecule has 31 heavy (non-hydrogen) atoms. The van der Waals surface area contributed by atoms with Crippen LogP contribution in [0.5, 0.6) is 0 Å². The Hall–Kier alpha value is -2.36. The van der Waals surface area contributed by atoms with Crippen LogP contribution in [0.1, 0.15) is 40.9 Å². The fraction of sp³-hybridized carbons (Fsp3) is 0.333. The average Bonchev–Trinajstić information content (AvgIpc) is 3.28. The molecule has 0 saturated carbocycles. The summed E-state index contributed by atoms with van der Waals surface area (Å²) in [6.45, 7) is 5.74. The first-order chi connectivity index (χ1) is 14.4. The molecule has 4 heterocycles. The highest BCUT2D eigenvalue weighted by Crippen LogP contribution is 2.43. The van der Waals surface area contributed by atoms with Crippen LogP contribution in [0, 0.1) is 0 Å². The number of nitrogens with one attached hydrogen (secondary N) is 1. The summed E-state index contributed by atoms with van der Waals surface area (Å²) in [6.07, 6.45) is 3.58. The predicted molar refractivity (Wildman–Crippen MR) is 129 cm³/mol. The zero-order valence-electron chi connectivity index (χ0n) is 17.5. The van der Waals surface area contributed by atoms with Crippen LogP contribution >= 0.6 is 22.9 Å². The second-order valence-corrected chi connectivity index (χ2v) is 12.8. The Labute approximate surface area is 190 Å². The number of nitrogens with two attached hydrogens (primary N) is 1. The molecule has 1 aliphatic heterocycles. The summed E-state index contributed by atoms with van der Waals surface area (Å²) in [6, 6.07) is 7.38. The van der Waals surface area contributed by atoms with Crippen molar-refractivity contribution in [3.05, 3.63) is 57.0 Å². The molecule has 0 saturated heterocycles. The number of pyridine rings is 1. The van der Waals surface area contributed by atoms with Gasteiger partial charge in [0.15, 0.2) is 0 Å². The summed E-state index contributed by atoms with van der Waals surface area (Å²) < 4.78 is 14.2. The molecule has 1 unspecified atom stereocenters. The van der Waals surface area contributed by atoms with Gasteiger partial charge in [-0.3, -0.25) is 14.0 Å². The lowest BCUT2D eigenvalue weighted by atomic mass is 10.0. The molecule has 1 amide bonds. The molecule has 10 heteroatoms. The van der Waals surface area contributed by atoms with Gasteiger partial charge in [-0.2, -0.15) is 5.10 Å². The van der Waals surface area contributed by atoms with Gasteiger partial charge < -0.3 is 11.1 Å². The lowest BCUT2D eigenvalue weighted by Gasteiger charge is -2.40. The number of fused-ring (bicyclic) bond motifs is 1. The summed E-state index contributed by atoms with van der Waals surface area (Å²) in [5.41, 5.74) is 7.11. The van der Waals surface area contributed by atoms with Crippen molar-refractivity contribution in [3.8, 4) is 0 Å². The lowest BCUT2D eigenvalue weighted by Crippen LogP contribution is -2.54. The highest BCUT2D eigenvalue weighted by Gasteiger charge is 2.46. The number of nitrogens with zero attached hydrogens (tertiary/aromatic N) is 3. The van der Waals surface area contributed by atoms with E-state index in [-0.39, 0.29) is 17.5 Å². The summed E-state index contributed by atoms with van der Waals surface area (Å²) in [4.78, 5) is 18.6. The minimum absolute atomic E-state index is 0.206. The molecule has 2 atom stereocenters. The summed E-state index contributed by atoms with van der Waals surface area (Å²) >= 11 is 7.73. The van der Waals surface area contributed by atoms with Crippen molar-refractivity contribution in [1.29, 1.82) is 0 Å². The number of halogens is 1. The second-order valence-electron chi connectivity index (χ2n) is 8.41. The first kappa shape index (κ1) is 21.9. The maximum absolute atomic E-state index is 13.3. The van der Waals surface area contributed by atoms with Gasteiger partial charge in [0.2, 0.25) is 0 Å². The maximum Gasteiger partial charge on any atom is 0.261 e. The van der Waals surface area contributed by atoms with Crippen molar-refractivity contribution in [2.24, 2.45) is 10.7 Å². The van der Waals surface area contributed by atoms with Crippen LogP contribution in [0.15, 0.2) is 41.7 Å². The van der Waals surface area contributed by atoms with E-state index in [1.54, 1.807) is 30.6 Å². The van der Waals surface area contributed by atoms with E-state index in [1.807, 2.05) is 31.3 Å². The molecular weight excluding hydrogens is 454 g/mol. The van der Waals surface area contributed by atoms with E-state index in [0.717, 1.165) is 11.1 Å². The normalized spacial score (nSPS) is 25.4. The number of carbonyl (C=O) groups is 1. The molecule has 1 aliphatic rings. The number of hydrogen-bond acceptors (Lipinski definition) is 6. The largest absolute Gasteiger partial charge is 0.386 e. The minimum atomic E-state index is -2.57. The van der Waals surface area contributed by atoms with E-state index in [4.69, 9.17) is 17.3 Å². The monoisotopic (exact) mass is 477 g/mol. The van der Waals surface area contributed by atoms with Gasteiger partial charge in [0.25, 0.3) is 5.91 Å². The van der Waals surface area contributed by atoms with E-state index < -0.39 is 19.8 Å². The standard InChI is InChI=1S/C21H24ClN5O2S2/c1-20(2)19(23)26-21(3,12-31(20,4)29)17-14(22)9-16(30-17)18(28)24-10-13-11-25-27-8-6-5-7-15(13)27/h5-9,11H,4,10,12H2,1-3H3,(H2,23,26)(H,24,28)/t21-,31?/m0/s1. The van der Waals surface area contributed by atoms with Crippen molar-refractivity contribution >= 4 is 55.6 Å². The van der Waals surface area contributed by atoms with Gasteiger partial charge in [-0.15, -0.1) is 11.3 Å². The molecule has 3 aromatic rings. The highest BCUT2D eigenvalue weighted by molar-refractivity contribution is 8.02. The number of thiophene rings is 1. The second kappa shape index (κ2) is 7.36. The summed E-state index contributed by atoms with van der Waals surface area (Å²) in [5, 5.41) is 7.60. The molecule has 3 N–H and O–H groups in total. The van der Waals surface area contributed by atoms with Gasteiger partial charge in [0, 0.05) is 24.1 Å². The fourth-order valence-corrected chi connectivity index (χ4v) is 7.15. The number of aliphatic imine (C=N–C) groups is 1. The molecule has 0 spiro atoms. The first-order valence-electron chi connectivity index (χ1n) is 9.64. The number of aromatic nitrogens is 2. The van der Waals surface area contributed by atoms with Gasteiger partial charge in [0.1, 0.15) is 11.4 Å². The summed E-state index contributed by atoms with van der Waals surface area (Å²) in [5.74, 6) is 4.19. The van der Waals surface area contributed by atoms with Gasteiger partial charge >= 0.3 is 0 Å². The van der Waals surface area contributed by atoms with Crippen molar-refractivity contribution in [2.45, 2.75) is 37.6 Å². The quantitative estimate of drug-likeness (QED) is 0.564. The third-order valence-electron chi connectivity index (χ3n) is 5.77. The van der Waals surface area contributed by atoms with Crippen LogP contribution < -0.4 is 11.1 Å². The van der Waals surface area contributed by atoms with E-state index >= 15 is 0 Å². The number of rotatable bonds is 4. The first-order valence-corrected chi connectivity index (χ1v) is 12.7. The van der Waals surface area contributed by atoms with Crippen LogP contribution in [0.4, 0.5) is 0 Å². The molecule has 0 fully saturated rings. The Morgan fingerprint density at radius 1 is 1.42 bits per heavy atom. The zero-order chi connectivity index (χ0) is 22.6. The van der Waals surface area contributed by atoms with Crippen LogP contribution in [0.25, 0.3) is 5.52 Å². The lowest BCUT2D eigenvalue weighted by molar-refractivity contribution is 0.0955. The number of amides is 1. The molecule has 0 aromatic carbocycles. The molecular formula is C21H24ClN5O2S2. The molecule has 0 aliphatic carbocycles. The molecule has 0 bridgehead atoms. The Morgan fingerprint density at radius 2 is 2.16 bits per heavy atom. The third kappa shape index (κ3) is 3.64. The molecule has 164 valence electrons. The van der Waals surface area contributed by atoms with E-state index in [0.29, 0.717) is 21.3 Å². The van der Waals surface area contributed by atoms with Crippen LogP contribution in [0.2, 0.25) is 5.02 Å². The maximum atomic E-state index is 13.3. The number of carbonyl (C=O) groups excluding carboxylic acids is 1. The van der Waals surface area contributed by atoms with Crippen molar-refractivity contribution in [1.82, 2.24) is 14.9 Å². The third-order valence-corrected chi connectivity index (χ3v) is 10.7. The minimum Gasteiger partial charge on any atom is -0.386 e. The molecule has 0 radical (unpaired) electrons. The van der Waals surface area contributed by atoms with E-state index in [1.165, 1.54) is 11.3 Å². The number of hydrogen-bond donors (Lipinski definition) is 2. The Bertz CT molecular complexity index is 1320. The number of amidine groups is 1. The average molecular weight is 478 g/mol. The smallest absolute Gasteiger partial charge is 0.261 e. The SMILES string of the molecule is C=S1(=O)C[C@@](C)(c2sc(C(=O)NCc3cnn4ccccc34)cc2Cl)N=C(N)C1(C)C. The zero-order valence-corrected chi connectivity index (χ0v) is 19.9. The van der Waals surface area contributed by atoms with Crippen molar-refractivity contribution in [3.63, 3.8) is 0 Å². The van der Waals surface area contributed by atoms with Crippen molar-refractivity contribution in [2.75, 3.05) is 5.75 Å². The molecule has 3 aromatic heterocycles. The van der Waals surface area contributed by atoms with Gasteiger partial charge in [-0.1, -0.05) is 17.7 Å². The molecule has 7 nitrogen and oxygen atoms in total. The van der Waals surface area contributed by atoms with Gasteiger partial charge in [-0.25, -0.2) is 4.52 Å². The Kier molecular flexibility index (Phi) is 5.19. The van der Waals surface area contributed by atoms with Crippen LogP contribution in [-0.2, 0) is 21.6 Å². The topological polar surface area (TPSA) is 102 Å². The molecule has 4 rings (SSSR count). The highest BCUT2D eigenvalue weighted by atomic mass is 35.5.